The highest BCUT2D eigenvalue weighted by Crippen LogP contribution is 2.29. The van der Waals surface area contributed by atoms with Gasteiger partial charge in [0.2, 0.25) is 0 Å². The molecule has 0 saturated heterocycles. The van der Waals surface area contributed by atoms with Crippen LogP contribution in [0.15, 0.2) is 24.4 Å². The number of halogens is 1. The average Bonchev–Trinajstić information content (AvgIpc) is 2.85. The lowest BCUT2D eigenvalue weighted by Crippen LogP contribution is -2.28. The van der Waals surface area contributed by atoms with Gasteiger partial charge in [0, 0.05) is 18.8 Å². The summed E-state index contributed by atoms with van der Waals surface area (Å²) in [6.07, 6.45) is 1.71. The van der Waals surface area contributed by atoms with Gasteiger partial charge < -0.3 is 9.68 Å². The zero-order valence-corrected chi connectivity index (χ0v) is 9.98. The van der Waals surface area contributed by atoms with E-state index in [1.165, 1.54) is 0 Å². The van der Waals surface area contributed by atoms with E-state index in [0.717, 1.165) is 22.3 Å². The SMILES string of the molecule is Cn1nccc1-c1cc2c(cc1Cl)COB2O. The molecule has 0 fully saturated rings. The van der Waals surface area contributed by atoms with Crippen molar-refractivity contribution in [1.82, 2.24) is 9.78 Å². The van der Waals surface area contributed by atoms with E-state index in [0.29, 0.717) is 11.6 Å². The van der Waals surface area contributed by atoms with Gasteiger partial charge in [-0.2, -0.15) is 5.10 Å². The maximum atomic E-state index is 9.68. The Kier molecular flexibility index (Phi) is 2.47. The standard InChI is InChI=1S/C11H10BClN2O2/c1-15-11(2-3-14-15)8-5-9-7(4-10(8)13)6-17-12(9)16/h2-5,16H,6H2,1H3. The molecule has 1 aromatic carbocycles. The lowest BCUT2D eigenvalue weighted by atomic mass is 9.78. The van der Waals surface area contributed by atoms with Crippen molar-refractivity contribution in [1.29, 1.82) is 0 Å². The maximum absolute atomic E-state index is 9.68. The first-order valence-corrected chi connectivity index (χ1v) is 5.65. The van der Waals surface area contributed by atoms with Crippen LogP contribution in [-0.4, -0.2) is 21.9 Å². The van der Waals surface area contributed by atoms with Crippen LogP contribution in [0.4, 0.5) is 0 Å². The molecular formula is C11H10BClN2O2. The number of hydrogen-bond donors (Lipinski definition) is 1. The minimum Gasteiger partial charge on any atom is -0.423 e. The zero-order valence-electron chi connectivity index (χ0n) is 9.22. The van der Waals surface area contributed by atoms with Gasteiger partial charge in [0.05, 0.1) is 17.3 Å². The lowest BCUT2D eigenvalue weighted by Gasteiger charge is -2.08. The second-order valence-electron chi connectivity index (χ2n) is 4.03. The molecule has 0 saturated carbocycles. The van der Waals surface area contributed by atoms with Crippen LogP contribution in [0.5, 0.6) is 0 Å². The van der Waals surface area contributed by atoms with Gasteiger partial charge in [-0.05, 0) is 23.2 Å². The Morgan fingerprint density at radius 2 is 2.35 bits per heavy atom. The molecule has 1 aromatic heterocycles. The summed E-state index contributed by atoms with van der Waals surface area (Å²) in [5, 5.41) is 14.4. The van der Waals surface area contributed by atoms with E-state index in [4.69, 9.17) is 16.3 Å². The fourth-order valence-corrected chi connectivity index (χ4v) is 2.36. The molecule has 0 radical (unpaired) electrons. The van der Waals surface area contributed by atoms with Crippen LogP contribution >= 0.6 is 11.6 Å². The van der Waals surface area contributed by atoms with Crippen LogP contribution in [0.25, 0.3) is 11.3 Å². The Morgan fingerprint density at radius 1 is 1.53 bits per heavy atom. The predicted molar refractivity (Wildman–Crippen MR) is 66.0 cm³/mol. The highest BCUT2D eigenvalue weighted by Gasteiger charge is 2.28. The van der Waals surface area contributed by atoms with Crippen LogP contribution in [0.1, 0.15) is 5.56 Å². The Labute approximate surface area is 104 Å². The molecular weight excluding hydrogens is 238 g/mol. The monoisotopic (exact) mass is 248 g/mol. The van der Waals surface area contributed by atoms with Gasteiger partial charge in [0.15, 0.2) is 0 Å². The van der Waals surface area contributed by atoms with Crippen molar-refractivity contribution in [3.8, 4) is 11.3 Å². The van der Waals surface area contributed by atoms with Gasteiger partial charge in [-0.1, -0.05) is 17.7 Å². The third kappa shape index (κ3) is 1.67. The Hall–Kier alpha value is -1.30. The fraction of sp³-hybridized carbons (Fsp3) is 0.182. The highest BCUT2D eigenvalue weighted by atomic mass is 35.5. The first-order valence-electron chi connectivity index (χ1n) is 5.27. The Bertz CT molecular complexity index is 585. The van der Waals surface area contributed by atoms with Crippen LogP contribution in [0, 0.1) is 0 Å². The summed E-state index contributed by atoms with van der Waals surface area (Å²) in [7, 11) is 1.00. The molecule has 86 valence electrons. The molecule has 2 aromatic rings. The molecule has 0 amide bonds. The normalized spacial score (nSPS) is 14.2. The molecule has 0 bridgehead atoms. The van der Waals surface area contributed by atoms with Gasteiger partial charge in [-0.15, -0.1) is 0 Å². The largest absolute Gasteiger partial charge is 0.491 e. The zero-order chi connectivity index (χ0) is 12.0. The summed E-state index contributed by atoms with van der Waals surface area (Å²) in [4.78, 5) is 0. The van der Waals surface area contributed by atoms with Crippen LogP contribution in [-0.2, 0) is 18.3 Å². The van der Waals surface area contributed by atoms with Gasteiger partial charge in [-0.25, -0.2) is 0 Å². The smallest absolute Gasteiger partial charge is 0.423 e. The molecule has 4 nitrogen and oxygen atoms in total. The van der Waals surface area contributed by atoms with Gasteiger partial charge >= 0.3 is 7.12 Å². The predicted octanol–water partition coefficient (Wildman–Crippen LogP) is 0.958. The quantitative estimate of drug-likeness (QED) is 0.765. The number of rotatable bonds is 1. The van der Waals surface area contributed by atoms with E-state index in [-0.39, 0.29) is 0 Å². The van der Waals surface area contributed by atoms with Crippen LogP contribution in [0.3, 0.4) is 0 Å². The number of aryl methyl sites for hydroxylation is 1. The molecule has 2 heterocycles. The van der Waals surface area contributed by atoms with Gasteiger partial charge in [0.25, 0.3) is 0 Å². The van der Waals surface area contributed by atoms with Gasteiger partial charge in [-0.3, -0.25) is 4.68 Å². The van der Waals surface area contributed by atoms with E-state index < -0.39 is 7.12 Å². The number of hydrogen-bond acceptors (Lipinski definition) is 3. The van der Waals surface area contributed by atoms with E-state index >= 15 is 0 Å². The summed E-state index contributed by atoms with van der Waals surface area (Å²) in [6, 6.07) is 5.59. The van der Waals surface area contributed by atoms with Crippen molar-refractivity contribution < 1.29 is 9.68 Å². The number of nitrogens with zero attached hydrogens (tertiary/aromatic N) is 2. The van der Waals surface area contributed by atoms with Crippen LogP contribution in [0.2, 0.25) is 5.02 Å². The molecule has 3 rings (SSSR count). The molecule has 1 aliphatic heterocycles. The fourth-order valence-electron chi connectivity index (χ4n) is 2.08. The van der Waals surface area contributed by atoms with Gasteiger partial charge in [0.1, 0.15) is 0 Å². The summed E-state index contributed by atoms with van der Waals surface area (Å²) in [6.45, 7) is 0.405. The molecule has 0 atom stereocenters. The van der Waals surface area contributed by atoms with Crippen molar-refractivity contribution >= 4 is 24.2 Å². The molecule has 1 aliphatic rings. The summed E-state index contributed by atoms with van der Waals surface area (Å²) < 4.78 is 6.90. The van der Waals surface area contributed by atoms with Crippen molar-refractivity contribution in [3.05, 3.63) is 35.0 Å². The lowest BCUT2D eigenvalue weighted by molar-refractivity contribution is 0.275. The molecule has 0 unspecified atom stereocenters. The average molecular weight is 248 g/mol. The molecule has 6 heteroatoms. The van der Waals surface area contributed by atoms with E-state index in [1.54, 1.807) is 10.9 Å². The molecule has 0 aliphatic carbocycles. The maximum Gasteiger partial charge on any atom is 0.491 e. The van der Waals surface area contributed by atoms with E-state index in [1.807, 2.05) is 25.2 Å². The van der Waals surface area contributed by atoms with Crippen molar-refractivity contribution in [2.45, 2.75) is 6.61 Å². The molecule has 17 heavy (non-hydrogen) atoms. The molecule has 0 spiro atoms. The van der Waals surface area contributed by atoms with E-state index in [9.17, 15) is 5.02 Å². The van der Waals surface area contributed by atoms with Crippen molar-refractivity contribution in [2.24, 2.45) is 7.05 Å². The summed E-state index contributed by atoms with van der Waals surface area (Å²) >= 11 is 6.24. The third-order valence-corrected chi connectivity index (χ3v) is 3.30. The van der Waals surface area contributed by atoms with Crippen LogP contribution < -0.4 is 5.46 Å². The number of benzene rings is 1. The third-order valence-electron chi connectivity index (χ3n) is 2.99. The minimum absolute atomic E-state index is 0.405. The summed E-state index contributed by atoms with van der Waals surface area (Å²) in [5.74, 6) is 0. The summed E-state index contributed by atoms with van der Waals surface area (Å²) in [5.41, 5.74) is 3.49. The Morgan fingerprint density at radius 3 is 3.06 bits per heavy atom. The highest BCUT2D eigenvalue weighted by molar-refractivity contribution is 6.61. The first-order chi connectivity index (χ1) is 8.16. The Balaban J connectivity index is 2.19. The minimum atomic E-state index is -0.853. The van der Waals surface area contributed by atoms with E-state index in [2.05, 4.69) is 5.10 Å². The second kappa shape index (κ2) is 3.87. The second-order valence-corrected chi connectivity index (χ2v) is 4.44. The van der Waals surface area contributed by atoms with Crippen molar-refractivity contribution in [3.63, 3.8) is 0 Å². The number of fused-ring (bicyclic) bond motifs is 1. The topological polar surface area (TPSA) is 47.3 Å². The number of aromatic nitrogens is 2. The first kappa shape index (κ1) is 10.8. The molecule has 1 N–H and O–H groups in total. The van der Waals surface area contributed by atoms with Crippen molar-refractivity contribution in [2.75, 3.05) is 0 Å².